The summed E-state index contributed by atoms with van der Waals surface area (Å²) in [6.07, 6.45) is -1.82. The maximum atomic E-state index is 12.3. The Kier molecular flexibility index (Phi) is 5.54. The highest BCUT2D eigenvalue weighted by Crippen LogP contribution is 2.21. The number of hydrogen-bond acceptors (Lipinski definition) is 5. The predicted molar refractivity (Wildman–Crippen MR) is 97.9 cm³/mol. The number of amides is 1. The summed E-state index contributed by atoms with van der Waals surface area (Å²) in [6, 6.07) is 16.2. The summed E-state index contributed by atoms with van der Waals surface area (Å²) in [5.41, 5.74) is 2.12. The van der Waals surface area contributed by atoms with Gasteiger partial charge in [-0.3, -0.25) is 4.79 Å². The van der Waals surface area contributed by atoms with Crippen LogP contribution in [0.5, 0.6) is 0 Å². The first-order chi connectivity index (χ1) is 13.0. The van der Waals surface area contributed by atoms with E-state index in [0.29, 0.717) is 5.56 Å². The van der Waals surface area contributed by atoms with Crippen molar-refractivity contribution in [3.8, 4) is 0 Å². The highest BCUT2D eigenvalue weighted by Gasteiger charge is 2.34. The van der Waals surface area contributed by atoms with Crippen molar-refractivity contribution in [2.45, 2.75) is 38.5 Å². The molecular weight excluding hydrogens is 346 g/mol. The fraction of sp³-hybridized carbons (Fsp3) is 0.286. The second-order valence-electron chi connectivity index (χ2n) is 6.48. The molecule has 0 spiro atoms. The molecule has 1 N–H and O–H groups in total. The van der Waals surface area contributed by atoms with E-state index in [1.54, 1.807) is 24.3 Å². The zero-order chi connectivity index (χ0) is 19.4. The molecule has 0 aliphatic carbocycles. The summed E-state index contributed by atoms with van der Waals surface area (Å²) < 4.78 is 10.4. The Labute approximate surface area is 157 Å². The molecule has 6 heteroatoms. The van der Waals surface area contributed by atoms with E-state index in [0.717, 1.165) is 11.1 Å². The van der Waals surface area contributed by atoms with E-state index in [9.17, 15) is 14.4 Å². The van der Waals surface area contributed by atoms with Crippen molar-refractivity contribution in [1.29, 1.82) is 0 Å². The molecule has 27 heavy (non-hydrogen) atoms. The number of carbonyl (C=O) groups is 3. The van der Waals surface area contributed by atoms with Crippen molar-refractivity contribution in [2.75, 3.05) is 0 Å². The van der Waals surface area contributed by atoms with Gasteiger partial charge in [-0.15, -0.1) is 0 Å². The lowest BCUT2D eigenvalue weighted by Crippen LogP contribution is -2.42. The van der Waals surface area contributed by atoms with Crippen LogP contribution in [-0.4, -0.2) is 30.1 Å². The quantitative estimate of drug-likeness (QED) is 0.822. The molecule has 2 aromatic carbocycles. The van der Waals surface area contributed by atoms with Gasteiger partial charge in [0.2, 0.25) is 6.10 Å². The minimum absolute atomic E-state index is 0.223. The molecule has 1 heterocycles. The normalized spacial score (nSPS) is 17.9. The fourth-order valence-electron chi connectivity index (χ4n) is 2.92. The third kappa shape index (κ3) is 4.34. The molecule has 3 atom stereocenters. The average Bonchev–Trinajstić information content (AvgIpc) is 2.68. The lowest BCUT2D eigenvalue weighted by atomic mass is 9.99. The van der Waals surface area contributed by atoms with Crippen LogP contribution in [-0.2, 0) is 25.5 Å². The summed E-state index contributed by atoms with van der Waals surface area (Å²) in [7, 11) is 0. The van der Waals surface area contributed by atoms with Crippen LogP contribution in [0, 0.1) is 0 Å². The van der Waals surface area contributed by atoms with Gasteiger partial charge in [0, 0.05) is 6.42 Å². The Balaban J connectivity index is 1.57. The molecule has 1 amide bonds. The molecule has 3 rings (SSSR count). The van der Waals surface area contributed by atoms with Crippen LogP contribution < -0.4 is 5.32 Å². The molecule has 140 valence electrons. The largest absolute Gasteiger partial charge is 0.450 e. The number of carbonyl (C=O) groups excluding carboxylic acids is 3. The maximum Gasteiger partial charge on any atom is 0.348 e. The topological polar surface area (TPSA) is 81.7 Å². The van der Waals surface area contributed by atoms with Crippen LogP contribution in [0.1, 0.15) is 41.4 Å². The van der Waals surface area contributed by atoms with E-state index >= 15 is 0 Å². The van der Waals surface area contributed by atoms with Crippen LogP contribution in [0.2, 0.25) is 0 Å². The first kappa shape index (κ1) is 18.6. The van der Waals surface area contributed by atoms with Gasteiger partial charge in [-0.1, -0.05) is 48.5 Å². The van der Waals surface area contributed by atoms with Gasteiger partial charge in [0.25, 0.3) is 5.91 Å². The average molecular weight is 367 g/mol. The minimum Gasteiger partial charge on any atom is -0.450 e. The SMILES string of the molecule is C[C@H](OC(=O)[C@H]1Cc2ccccc2C(=O)O1)C(=O)N[C@H](C)c1ccccc1. The van der Waals surface area contributed by atoms with Crippen molar-refractivity contribution in [3.05, 3.63) is 71.3 Å². The standard InChI is InChI=1S/C21H21NO5/c1-13(15-8-4-3-5-9-15)22-19(23)14(2)26-21(25)18-12-16-10-6-7-11-17(16)20(24)27-18/h3-11,13-14,18H,12H2,1-2H3,(H,22,23)/t13-,14+,18-/m1/s1. The van der Waals surface area contributed by atoms with Crippen molar-refractivity contribution in [3.63, 3.8) is 0 Å². The molecule has 6 nitrogen and oxygen atoms in total. The van der Waals surface area contributed by atoms with E-state index in [1.807, 2.05) is 37.3 Å². The molecule has 0 bridgehead atoms. The number of esters is 2. The van der Waals surface area contributed by atoms with E-state index < -0.39 is 30.1 Å². The van der Waals surface area contributed by atoms with Crippen molar-refractivity contribution in [1.82, 2.24) is 5.32 Å². The van der Waals surface area contributed by atoms with Gasteiger partial charge in [0.1, 0.15) is 0 Å². The third-order valence-corrected chi connectivity index (χ3v) is 4.48. The first-order valence-corrected chi connectivity index (χ1v) is 8.80. The van der Waals surface area contributed by atoms with E-state index in [1.165, 1.54) is 6.92 Å². The summed E-state index contributed by atoms with van der Waals surface area (Å²) in [5.74, 6) is -1.70. The summed E-state index contributed by atoms with van der Waals surface area (Å²) in [4.78, 5) is 36.7. The first-order valence-electron chi connectivity index (χ1n) is 8.80. The molecule has 2 aromatic rings. The van der Waals surface area contributed by atoms with Crippen LogP contribution in [0.25, 0.3) is 0 Å². The van der Waals surface area contributed by atoms with Gasteiger partial charge in [0.05, 0.1) is 11.6 Å². The Hall–Kier alpha value is -3.15. The van der Waals surface area contributed by atoms with Gasteiger partial charge >= 0.3 is 11.9 Å². The molecular formula is C21H21NO5. The number of fused-ring (bicyclic) bond motifs is 1. The molecule has 0 radical (unpaired) electrons. The van der Waals surface area contributed by atoms with Gasteiger partial charge in [0.15, 0.2) is 6.10 Å². The highest BCUT2D eigenvalue weighted by molar-refractivity contribution is 5.95. The number of rotatable bonds is 5. The lowest BCUT2D eigenvalue weighted by molar-refractivity contribution is -0.163. The number of nitrogens with one attached hydrogen (secondary N) is 1. The van der Waals surface area contributed by atoms with E-state index in [-0.39, 0.29) is 12.5 Å². The van der Waals surface area contributed by atoms with Gasteiger partial charge < -0.3 is 14.8 Å². The van der Waals surface area contributed by atoms with Crippen molar-refractivity contribution < 1.29 is 23.9 Å². The Morgan fingerprint density at radius 3 is 2.48 bits per heavy atom. The molecule has 0 fully saturated rings. The molecule has 0 saturated carbocycles. The minimum atomic E-state index is -1.05. The second kappa shape index (κ2) is 8.03. The maximum absolute atomic E-state index is 12.3. The van der Waals surface area contributed by atoms with E-state index in [2.05, 4.69) is 5.32 Å². The fourth-order valence-corrected chi connectivity index (χ4v) is 2.92. The van der Waals surface area contributed by atoms with Crippen molar-refractivity contribution in [2.24, 2.45) is 0 Å². The zero-order valence-corrected chi connectivity index (χ0v) is 15.2. The molecule has 0 saturated heterocycles. The summed E-state index contributed by atoms with van der Waals surface area (Å²) >= 11 is 0. The van der Waals surface area contributed by atoms with Crippen LogP contribution in [0.4, 0.5) is 0 Å². The summed E-state index contributed by atoms with van der Waals surface area (Å²) in [5, 5.41) is 2.80. The van der Waals surface area contributed by atoms with Crippen LogP contribution in [0.15, 0.2) is 54.6 Å². The third-order valence-electron chi connectivity index (χ3n) is 4.48. The smallest absolute Gasteiger partial charge is 0.348 e. The monoisotopic (exact) mass is 367 g/mol. The van der Waals surface area contributed by atoms with Gasteiger partial charge in [-0.25, -0.2) is 9.59 Å². The van der Waals surface area contributed by atoms with Crippen LogP contribution >= 0.6 is 0 Å². The highest BCUT2D eigenvalue weighted by atomic mass is 16.6. The van der Waals surface area contributed by atoms with Gasteiger partial charge in [-0.05, 0) is 31.0 Å². The molecule has 1 aliphatic heterocycles. The second-order valence-corrected chi connectivity index (χ2v) is 6.48. The molecule has 1 aliphatic rings. The lowest BCUT2D eigenvalue weighted by Gasteiger charge is -2.25. The number of benzene rings is 2. The van der Waals surface area contributed by atoms with Crippen LogP contribution in [0.3, 0.4) is 0 Å². The Morgan fingerprint density at radius 2 is 1.74 bits per heavy atom. The zero-order valence-electron chi connectivity index (χ0n) is 15.2. The van der Waals surface area contributed by atoms with Gasteiger partial charge in [-0.2, -0.15) is 0 Å². The predicted octanol–water partition coefficient (Wildman–Crippen LogP) is 2.58. The summed E-state index contributed by atoms with van der Waals surface area (Å²) in [6.45, 7) is 3.34. The van der Waals surface area contributed by atoms with Crippen molar-refractivity contribution >= 4 is 17.8 Å². The molecule has 0 aromatic heterocycles. The number of ether oxygens (including phenoxy) is 2. The Bertz CT molecular complexity index is 849. The van der Waals surface area contributed by atoms with E-state index in [4.69, 9.17) is 9.47 Å². The Morgan fingerprint density at radius 1 is 1.07 bits per heavy atom. The molecule has 0 unspecified atom stereocenters. The number of hydrogen-bond donors (Lipinski definition) is 1. The number of cyclic esters (lactones) is 1.